The largest absolute Gasteiger partial charge is 0.486 e. The minimum absolute atomic E-state index is 0.0847. The smallest absolute Gasteiger partial charge is 0.404 e. The van der Waals surface area contributed by atoms with Gasteiger partial charge in [-0.3, -0.25) is 9.36 Å². The zero-order valence-electron chi connectivity index (χ0n) is 17.1. The van der Waals surface area contributed by atoms with Crippen LogP contribution >= 0.6 is 0 Å². The van der Waals surface area contributed by atoms with Crippen molar-refractivity contribution in [1.82, 2.24) is 9.88 Å². The summed E-state index contributed by atoms with van der Waals surface area (Å²) in [6.07, 6.45) is -0.301. The van der Waals surface area contributed by atoms with Crippen molar-refractivity contribution in [3.05, 3.63) is 94.4 Å². The lowest BCUT2D eigenvalue weighted by atomic mass is 10.0. The van der Waals surface area contributed by atoms with Gasteiger partial charge in [-0.05, 0) is 6.92 Å². The number of aliphatic imine (C=N–C) groups is 1. The molecule has 0 saturated carbocycles. The number of pyridine rings is 1. The molecular formula is C23H21F2N3O4. The van der Waals surface area contributed by atoms with E-state index in [9.17, 15) is 18.4 Å². The van der Waals surface area contributed by atoms with Crippen molar-refractivity contribution in [2.75, 3.05) is 6.61 Å². The van der Waals surface area contributed by atoms with E-state index in [0.29, 0.717) is 5.71 Å². The second-order valence-electron chi connectivity index (χ2n) is 6.91. The van der Waals surface area contributed by atoms with Crippen molar-refractivity contribution in [2.24, 2.45) is 4.99 Å². The summed E-state index contributed by atoms with van der Waals surface area (Å²) in [6.45, 7) is -1.81. The molecule has 1 heterocycles. The number of nitrogens with zero attached hydrogens (tertiary/aromatic N) is 2. The van der Waals surface area contributed by atoms with Gasteiger partial charge in [0.25, 0.3) is 5.56 Å². The molecule has 0 aliphatic carbocycles. The first-order valence-electron chi connectivity index (χ1n) is 9.71. The fraction of sp³-hybridized carbons (Fsp3) is 0.174. The highest BCUT2D eigenvalue weighted by Gasteiger charge is 2.17. The lowest BCUT2D eigenvalue weighted by Crippen LogP contribution is -2.36. The Morgan fingerprint density at radius 2 is 1.66 bits per heavy atom. The number of halogens is 2. The Balaban J connectivity index is 2.06. The van der Waals surface area contributed by atoms with E-state index >= 15 is 0 Å². The van der Waals surface area contributed by atoms with Crippen LogP contribution < -0.4 is 15.6 Å². The minimum Gasteiger partial charge on any atom is -0.486 e. The van der Waals surface area contributed by atoms with E-state index in [-0.39, 0.29) is 22.6 Å². The van der Waals surface area contributed by atoms with E-state index in [0.717, 1.165) is 17.3 Å². The number of amides is 1. The molecule has 166 valence electrons. The summed E-state index contributed by atoms with van der Waals surface area (Å²) in [7, 11) is 0. The number of carbonyl (C=O) groups is 1. The summed E-state index contributed by atoms with van der Waals surface area (Å²) in [6, 6.07) is 19.0. The minimum atomic E-state index is -3.11. The van der Waals surface area contributed by atoms with Crippen molar-refractivity contribution in [2.45, 2.75) is 19.5 Å². The Bertz CT molecular complexity index is 1110. The van der Waals surface area contributed by atoms with E-state index in [1.807, 2.05) is 60.7 Å². The molecule has 0 aliphatic heterocycles. The number of hydrogen-bond acceptors (Lipinski definition) is 4. The first kappa shape index (κ1) is 22.7. The SMILES string of the molecule is CC(COc1cc(N=C(c2ccccc2)c2ccccc2)cn(C(F)F)c1=O)NC(=O)O. The van der Waals surface area contributed by atoms with E-state index in [1.165, 1.54) is 13.0 Å². The molecule has 1 amide bonds. The van der Waals surface area contributed by atoms with Gasteiger partial charge in [0, 0.05) is 23.4 Å². The molecule has 0 radical (unpaired) electrons. The Kier molecular flexibility index (Phi) is 7.33. The zero-order chi connectivity index (χ0) is 23.1. The van der Waals surface area contributed by atoms with Gasteiger partial charge >= 0.3 is 12.6 Å². The number of ether oxygens (including phenoxy) is 1. The van der Waals surface area contributed by atoms with Crippen LogP contribution in [0.3, 0.4) is 0 Å². The van der Waals surface area contributed by atoms with Gasteiger partial charge in [0.2, 0.25) is 0 Å². The fourth-order valence-corrected chi connectivity index (χ4v) is 2.96. The third kappa shape index (κ3) is 5.78. The predicted molar refractivity (Wildman–Crippen MR) is 116 cm³/mol. The highest BCUT2D eigenvalue weighted by atomic mass is 19.3. The maximum absolute atomic E-state index is 13.5. The van der Waals surface area contributed by atoms with E-state index < -0.39 is 24.2 Å². The number of benzene rings is 2. The molecule has 1 aromatic heterocycles. The summed E-state index contributed by atoms with van der Waals surface area (Å²) < 4.78 is 32.6. The second kappa shape index (κ2) is 10.3. The lowest BCUT2D eigenvalue weighted by molar-refractivity contribution is 0.0651. The van der Waals surface area contributed by atoms with Crippen LogP contribution in [-0.4, -0.2) is 34.1 Å². The molecule has 3 aromatic rings. The summed E-state index contributed by atoms with van der Waals surface area (Å²) in [5, 5.41) is 10.9. The second-order valence-corrected chi connectivity index (χ2v) is 6.91. The summed E-state index contributed by atoms with van der Waals surface area (Å²) in [5.74, 6) is -0.355. The van der Waals surface area contributed by atoms with Crippen LogP contribution in [0.5, 0.6) is 5.75 Å². The van der Waals surface area contributed by atoms with Crippen LogP contribution in [0.2, 0.25) is 0 Å². The lowest BCUT2D eigenvalue weighted by Gasteiger charge is -2.15. The number of carboxylic acid groups (broad SMARTS) is 1. The van der Waals surface area contributed by atoms with Gasteiger partial charge in [0.1, 0.15) is 6.61 Å². The van der Waals surface area contributed by atoms with Gasteiger partial charge in [-0.2, -0.15) is 8.78 Å². The highest BCUT2D eigenvalue weighted by molar-refractivity contribution is 6.13. The van der Waals surface area contributed by atoms with Crippen molar-refractivity contribution in [3.8, 4) is 5.75 Å². The van der Waals surface area contributed by atoms with Crippen molar-refractivity contribution >= 4 is 17.5 Å². The number of hydrogen-bond donors (Lipinski definition) is 2. The third-order valence-electron chi connectivity index (χ3n) is 4.40. The number of nitrogens with one attached hydrogen (secondary N) is 1. The van der Waals surface area contributed by atoms with E-state index in [2.05, 4.69) is 10.3 Å². The molecule has 1 unspecified atom stereocenters. The third-order valence-corrected chi connectivity index (χ3v) is 4.40. The highest BCUT2D eigenvalue weighted by Crippen LogP contribution is 2.23. The Labute approximate surface area is 182 Å². The summed E-state index contributed by atoms with van der Waals surface area (Å²) in [4.78, 5) is 27.7. The average Bonchev–Trinajstić information content (AvgIpc) is 2.78. The monoisotopic (exact) mass is 441 g/mol. The van der Waals surface area contributed by atoms with Gasteiger partial charge in [0.05, 0.1) is 17.4 Å². The first-order valence-corrected chi connectivity index (χ1v) is 9.71. The zero-order valence-corrected chi connectivity index (χ0v) is 17.1. The van der Waals surface area contributed by atoms with Crippen LogP contribution in [0.1, 0.15) is 24.6 Å². The molecular weight excluding hydrogens is 420 g/mol. The number of alkyl halides is 2. The van der Waals surface area contributed by atoms with Gasteiger partial charge in [-0.25, -0.2) is 9.79 Å². The fourth-order valence-electron chi connectivity index (χ4n) is 2.96. The van der Waals surface area contributed by atoms with Crippen LogP contribution in [0, 0.1) is 0 Å². The topological polar surface area (TPSA) is 92.9 Å². The van der Waals surface area contributed by atoms with Crippen molar-refractivity contribution in [1.29, 1.82) is 0 Å². The standard InChI is InChI=1S/C23H21F2N3O4/c1-15(26-23(30)31)14-32-19-12-18(13-28(21(19)29)22(24)25)27-20(16-8-4-2-5-9-16)17-10-6-3-7-11-17/h2-13,15,22,26H,14H2,1H3,(H,30,31). The summed E-state index contributed by atoms with van der Waals surface area (Å²) in [5.41, 5.74) is 1.09. The van der Waals surface area contributed by atoms with Gasteiger partial charge in [0.15, 0.2) is 5.75 Å². The molecule has 7 nitrogen and oxygen atoms in total. The number of rotatable bonds is 8. The Hall–Kier alpha value is -4.01. The van der Waals surface area contributed by atoms with E-state index in [1.54, 1.807) is 0 Å². The Morgan fingerprint density at radius 3 is 2.16 bits per heavy atom. The normalized spacial score (nSPS) is 11.6. The van der Waals surface area contributed by atoms with Crippen LogP contribution in [0.4, 0.5) is 19.3 Å². The summed E-state index contributed by atoms with van der Waals surface area (Å²) >= 11 is 0. The molecule has 1 atom stereocenters. The first-order chi connectivity index (χ1) is 15.3. The molecule has 0 bridgehead atoms. The van der Waals surface area contributed by atoms with Gasteiger partial charge < -0.3 is 15.2 Å². The van der Waals surface area contributed by atoms with Crippen molar-refractivity contribution < 1.29 is 23.4 Å². The Morgan fingerprint density at radius 1 is 1.09 bits per heavy atom. The molecule has 3 rings (SSSR count). The van der Waals surface area contributed by atoms with Crippen LogP contribution in [0.15, 0.2) is 82.7 Å². The quantitative estimate of drug-likeness (QED) is 0.505. The van der Waals surface area contributed by atoms with E-state index in [4.69, 9.17) is 9.84 Å². The molecule has 2 aromatic carbocycles. The molecule has 32 heavy (non-hydrogen) atoms. The van der Waals surface area contributed by atoms with Gasteiger partial charge in [-0.15, -0.1) is 0 Å². The number of aromatic nitrogens is 1. The molecule has 0 spiro atoms. The molecule has 0 aliphatic rings. The molecule has 0 fully saturated rings. The molecule has 0 saturated heterocycles. The molecule has 2 N–H and O–H groups in total. The van der Waals surface area contributed by atoms with Gasteiger partial charge in [-0.1, -0.05) is 60.7 Å². The van der Waals surface area contributed by atoms with Crippen LogP contribution in [-0.2, 0) is 0 Å². The average molecular weight is 441 g/mol. The predicted octanol–water partition coefficient (Wildman–Crippen LogP) is 4.45. The van der Waals surface area contributed by atoms with Crippen molar-refractivity contribution in [3.63, 3.8) is 0 Å². The maximum atomic E-state index is 13.5. The maximum Gasteiger partial charge on any atom is 0.404 e. The van der Waals surface area contributed by atoms with Crippen LogP contribution in [0.25, 0.3) is 0 Å². The molecule has 9 heteroatoms.